The van der Waals surface area contributed by atoms with E-state index in [2.05, 4.69) is 20.9 Å². The van der Waals surface area contributed by atoms with E-state index in [1.165, 1.54) is 0 Å². The molecule has 30 heavy (non-hydrogen) atoms. The van der Waals surface area contributed by atoms with E-state index in [1.54, 1.807) is 12.5 Å². The summed E-state index contributed by atoms with van der Waals surface area (Å²) in [5.74, 6) is 1.68. The maximum atomic E-state index is 11.6. The van der Waals surface area contributed by atoms with Gasteiger partial charge in [-0.25, -0.2) is 4.98 Å². The molecule has 4 aromatic rings. The van der Waals surface area contributed by atoms with Gasteiger partial charge in [0.1, 0.15) is 17.1 Å². The zero-order chi connectivity index (χ0) is 20.5. The lowest BCUT2D eigenvalue weighted by atomic mass is 10.1. The monoisotopic (exact) mass is 419 g/mol. The Kier molecular flexibility index (Phi) is 5.06. The van der Waals surface area contributed by atoms with Gasteiger partial charge in [0.05, 0.1) is 13.2 Å². The molecule has 152 valence electrons. The summed E-state index contributed by atoms with van der Waals surface area (Å²) in [5.41, 5.74) is 4.49. The molecule has 1 aliphatic rings. The lowest BCUT2D eigenvalue weighted by Crippen LogP contribution is -2.36. The highest BCUT2D eigenvalue weighted by Crippen LogP contribution is 2.34. The third-order valence-corrected chi connectivity index (χ3v) is 6.21. The van der Waals surface area contributed by atoms with Crippen LogP contribution >= 0.6 is 0 Å². The molecule has 4 heterocycles. The van der Waals surface area contributed by atoms with Gasteiger partial charge in [-0.05, 0) is 35.9 Å². The van der Waals surface area contributed by atoms with Gasteiger partial charge in [0.15, 0.2) is 5.58 Å². The van der Waals surface area contributed by atoms with Crippen LogP contribution in [0.1, 0.15) is 0 Å². The SMILES string of the molecule is CS(=O)c1ccc(-c2cc3nccc(-c4ccnc(N5CCOCC5)c4)c3o2)cc1. The number of furan rings is 1. The quantitative estimate of drug-likeness (QED) is 0.495. The van der Waals surface area contributed by atoms with Crippen molar-refractivity contribution in [3.63, 3.8) is 0 Å². The second-order valence-corrected chi connectivity index (χ2v) is 8.54. The zero-order valence-corrected chi connectivity index (χ0v) is 17.4. The van der Waals surface area contributed by atoms with Gasteiger partial charge in [-0.2, -0.15) is 0 Å². The molecule has 6 nitrogen and oxygen atoms in total. The third-order valence-electron chi connectivity index (χ3n) is 5.27. The molecule has 0 N–H and O–H groups in total. The number of hydrogen-bond donors (Lipinski definition) is 0. The Bertz CT molecular complexity index is 1210. The van der Waals surface area contributed by atoms with Gasteiger partial charge in [-0.15, -0.1) is 0 Å². The molecular formula is C23H21N3O3S. The molecule has 0 aliphatic carbocycles. The molecule has 1 atom stereocenters. The standard InChI is InChI=1S/C23H21N3O3S/c1-30(27)18-4-2-16(3-5-18)21-15-20-23(29-21)19(7-9-24-20)17-6-8-25-22(14-17)26-10-12-28-13-11-26/h2-9,14-15H,10-13H2,1H3. The molecule has 5 rings (SSSR count). The number of hydrogen-bond acceptors (Lipinski definition) is 6. The fraction of sp³-hybridized carbons (Fsp3) is 0.217. The fourth-order valence-electron chi connectivity index (χ4n) is 3.67. The molecule has 3 aromatic heterocycles. The Hall–Kier alpha value is -3.03. The predicted octanol–water partition coefficient (Wildman–Crippen LogP) is 4.13. The molecule has 1 saturated heterocycles. The first-order chi connectivity index (χ1) is 14.7. The smallest absolute Gasteiger partial charge is 0.161 e. The predicted molar refractivity (Wildman–Crippen MR) is 118 cm³/mol. The number of nitrogens with zero attached hydrogens (tertiary/aromatic N) is 3. The van der Waals surface area contributed by atoms with E-state index in [0.717, 1.165) is 70.6 Å². The van der Waals surface area contributed by atoms with E-state index in [4.69, 9.17) is 9.15 Å². The van der Waals surface area contributed by atoms with E-state index in [0.29, 0.717) is 0 Å². The van der Waals surface area contributed by atoms with Crippen LogP contribution < -0.4 is 4.90 Å². The average Bonchev–Trinajstić information content (AvgIpc) is 3.24. The van der Waals surface area contributed by atoms with Crippen LogP contribution in [0.3, 0.4) is 0 Å². The van der Waals surface area contributed by atoms with Crippen LogP contribution in [0.4, 0.5) is 5.82 Å². The highest BCUT2D eigenvalue weighted by Gasteiger charge is 2.16. The van der Waals surface area contributed by atoms with Crippen molar-refractivity contribution < 1.29 is 13.4 Å². The summed E-state index contributed by atoms with van der Waals surface area (Å²) in [7, 11) is -1.00. The molecule has 1 aromatic carbocycles. The summed E-state index contributed by atoms with van der Waals surface area (Å²) < 4.78 is 23.3. The number of fused-ring (bicyclic) bond motifs is 1. The molecule has 0 radical (unpaired) electrons. The van der Waals surface area contributed by atoms with Gasteiger partial charge < -0.3 is 14.1 Å². The van der Waals surface area contributed by atoms with Gasteiger partial charge >= 0.3 is 0 Å². The number of morpholine rings is 1. The molecule has 1 fully saturated rings. The number of aromatic nitrogens is 2. The van der Waals surface area contributed by atoms with Gasteiger partial charge in [-0.3, -0.25) is 9.19 Å². The Morgan fingerprint density at radius 3 is 2.47 bits per heavy atom. The molecule has 1 aliphatic heterocycles. The van der Waals surface area contributed by atoms with Crippen molar-refractivity contribution in [3.8, 4) is 22.5 Å². The van der Waals surface area contributed by atoms with Gasteiger partial charge in [0.25, 0.3) is 0 Å². The molecule has 0 spiro atoms. The lowest BCUT2D eigenvalue weighted by molar-refractivity contribution is 0.122. The molecule has 7 heteroatoms. The second-order valence-electron chi connectivity index (χ2n) is 7.16. The molecule has 1 unspecified atom stereocenters. The first-order valence-electron chi connectivity index (χ1n) is 9.80. The maximum absolute atomic E-state index is 11.6. The number of rotatable bonds is 4. The van der Waals surface area contributed by atoms with E-state index < -0.39 is 10.8 Å². The molecular weight excluding hydrogens is 398 g/mol. The minimum atomic E-state index is -1.00. The highest BCUT2D eigenvalue weighted by atomic mass is 32.2. The maximum Gasteiger partial charge on any atom is 0.161 e. The molecule has 0 saturated carbocycles. The summed E-state index contributed by atoms with van der Waals surface area (Å²) in [6.45, 7) is 3.12. The highest BCUT2D eigenvalue weighted by molar-refractivity contribution is 7.84. The van der Waals surface area contributed by atoms with Crippen LogP contribution in [-0.2, 0) is 15.5 Å². The summed E-state index contributed by atoms with van der Waals surface area (Å²) in [6, 6.07) is 15.6. The summed E-state index contributed by atoms with van der Waals surface area (Å²) in [5, 5.41) is 0. The molecule has 0 amide bonds. The van der Waals surface area contributed by atoms with Crippen LogP contribution in [-0.4, -0.2) is 46.7 Å². The van der Waals surface area contributed by atoms with Crippen molar-refractivity contribution in [2.45, 2.75) is 4.90 Å². The van der Waals surface area contributed by atoms with Crippen LogP contribution in [0.2, 0.25) is 0 Å². The Morgan fingerprint density at radius 1 is 0.933 bits per heavy atom. The van der Waals surface area contributed by atoms with Crippen LogP contribution in [0.5, 0.6) is 0 Å². The second kappa shape index (κ2) is 8.01. The van der Waals surface area contributed by atoms with E-state index in [9.17, 15) is 4.21 Å². The molecule has 0 bridgehead atoms. The van der Waals surface area contributed by atoms with E-state index in [1.807, 2.05) is 48.7 Å². The number of benzene rings is 1. The topological polar surface area (TPSA) is 68.5 Å². The van der Waals surface area contributed by atoms with Crippen LogP contribution in [0.15, 0.2) is 70.2 Å². The largest absolute Gasteiger partial charge is 0.454 e. The third kappa shape index (κ3) is 3.62. The van der Waals surface area contributed by atoms with Gasteiger partial charge in [-0.1, -0.05) is 12.1 Å². The first-order valence-corrected chi connectivity index (χ1v) is 11.4. The fourth-order valence-corrected chi connectivity index (χ4v) is 4.19. The number of ether oxygens (including phenoxy) is 1. The Balaban J connectivity index is 1.53. The van der Waals surface area contributed by atoms with E-state index >= 15 is 0 Å². The van der Waals surface area contributed by atoms with Crippen LogP contribution in [0, 0.1) is 0 Å². The normalized spacial score (nSPS) is 15.4. The van der Waals surface area contributed by atoms with E-state index in [-0.39, 0.29) is 0 Å². The zero-order valence-electron chi connectivity index (χ0n) is 16.6. The van der Waals surface area contributed by atoms with Gasteiger partial charge in [0, 0.05) is 64.6 Å². The first kappa shape index (κ1) is 19.0. The Morgan fingerprint density at radius 2 is 1.70 bits per heavy atom. The van der Waals surface area contributed by atoms with Crippen LogP contribution in [0.25, 0.3) is 33.6 Å². The summed E-state index contributed by atoms with van der Waals surface area (Å²) >= 11 is 0. The number of pyridine rings is 2. The van der Waals surface area contributed by atoms with Gasteiger partial charge in [0.2, 0.25) is 0 Å². The lowest BCUT2D eigenvalue weighted by Gasteiger charge is -2.28. The minimum absolute atomic E-state index is 0.720. The van der Waals surface area contributed by atoms with Crippen molar-refractivity contribution >= 4 is 27.7 Å². The minimum Gasteiger partial charge on any atom is -0.454 e. The average molecular weight is 420 g/mol. The summed E-state index contributed by atoms with van der Waals surface area (Å²) in [4.78, 5) is 12.1. The number of anilines is 1. The van der Waals surface area contributed by atoms with Crippen molar-refractivity contribution in [1.29, 1.82) is 0 Å². The van der Waals surface area contributed by atoms with Crippen molar-refractivity contribution in [1.82, 2.24) is 9.97 Å². The van der Waals surface area contributed by atoms with Crippen molar-refractivity contribution in [3.05, 3.63) is 60.9 Å². The Labute approximate surface area is 177 Å². The van der Waals surface area contributed by atoms with Crippen molar-refractivity contribution in [2.75, 3.05) is 37.5 Å². The van der Waals surface area contributed by atoms with Crippen molar-refractivity contribution in [2.24, 2.45) is 0 Å². The summed E-state index contributed by atoms with van der Waals surface area (Å²) in [6.07, 6.45) is 5.31.